The maximum absolute atomic E-state index is 6.03. The van der Waals surface area contributed by atoms with E-state index in [1.807, 2.05) is 12.1 Å². The summed E-state index contributed by atoms with van der Waals surface area (Å²) in [4.78, 5) is 9.34. The molecule has 0 saturated heterocycles. The molecule has 7 heteroatoms. The number of imidazole rings is 1. The Morgan fingerprint density at radius 1 is 1.15 bits per heavy atom. The number of anilines is 1. The Labute approximate surface area is 156 Å². The van der Waals surface area contributed by atoms with Gasteiger partial charge < -0.3 is 15.2 Å². The molecule has 1 atom stereocenters. The summed E-state index contributed by atoms with van der Waals surface area (Å²) in [7, 11) is 0. The molecule has 2 aromatic carbocycles. The van der Waals surface area contributed by atoms with Gasteiger partial charge >= 0.3 is 0 Å². The van der Waals surface area contributed by atoms with E-state index in [-0.39, 0.29) is 6.17 Å². The number of aromatic nitrogens is 2. The van der Waals surface area contributed by atoms with Gasteiger partial charge in [0.05, 0.1) is 24.2 Å². The molecule has 3 aromatic rings. The fourth-order valence-corrected chi connectivity index (χ4v) is 3.57. The van der Waals surface area contributed by atoms with Gasteiger partial charge in [-0.05, 0) is 17.5 Å². The highest BCUT2D eigenvalue weighted by Gasteiger charge is 2.26. The van der Waals surface area contributed by atoms with Crippen molar-refractivity contribution in [1.82, 2.24) is 9.55 Å². The molecule has 1 aromatic heterocycles. The maximum Gasteiger partial charge on any atom is 0.212 e. The number of benzene rings is 2. The second-order valence-corrected chi connectivity index (χ2v) is 6.75. The van der Waals surface area contributed by atoms with Crippen LogP contribution in [0.1, 0.15) is 30.6 Å². The summed E-state index contributed by atoms with van der Waals surface area (Å²) in [6.45, 7) is 3.43. The van der Waals surface area contributed by atoms with Crippen LogP contribution < -0.4 is 20.5 Å². The van der Waals surface area contributed by atoms with Crippen LogP contribution in [0.4, 0.5) is 5.95 Å². The molecule has 0 spiro atoms. The fraction of sp³-hybridized carbons (Fsp3) is 0.300. The minimum absolute atomic E-state index is 0.276. The van der Waals surface area contributed by atoms with Crippen molar-refractivity contribution in [1.29, 1.82) is 0 Å². The van der Waals surface area contributed by atoms with E-state index in [1.165, 1.54) is 5.56 Å². The highest BCUT2D eigenvalue weighted by atomic mass is 16.5. The molecule has 0 amide bonds. The third kappa shape index (κ3) is 2.66. The van der Waals surface area contributed by atoms with E-state index in [9.17, 15) is 0 Å². The van der Waals surface area contributed by atoms with Crippen molar-refractivity contribution in [3.63, 3.8) is 0 Å². The Balaban J connectivity index is 1.67. The van der Waals surface area contributed by atoms with Crippen LogP contribution in [0.2, 0.25) is 0 Å². The van der Waals surface area contributed by atoms with E-state index in [1.54, 1.807) is 0 Å². The van der Waals surface area contributed by atoms with Crippen molar-refractivity contribution in [2.45, 2.75) is 25.9 Å². The van der Waals surface area contributed by atoms with Crippen LogP contribution in [0.25, 0.3) is 11.0 Å². The number of rotatable bonds is 2. The third-order valence-corrected chi connectivity index (χ3v) is 4.99. The topological polar surface area (TPSA) is 86.7 Å². The fourth-order valence-electron chi connectivity index (χ4n) is 3.57. The summed E-state index contributed by atoms with van der Waals surface area (Å²) in [5.74, 6) is 2.50. The number of nitrogens with one attached hydrogen (secondary N) is 1. The van der Waals surface area contributed by atoms with Crippen molar-refractivity contribution in [2.24, 2.45) is 10.7 Å². The van der Waals surface area contributed by atoms with Gasteiger partial charge in [0.15, 0.2) is 23.6 Å². The molecule has 0 unspecified atom stereocenters. The van der Waals surface area contributed by atoms with Crippen LogP contribution in [-0.4, -0.2) is 28.7 Å². The standard InChI is InChI=1S/C20H21N5O2/c1-2-12-4-6-13(7-5-12)18-23-19(21)24-20-22-14-10-16-17(11-15(14)25(18)20)27-9-3-8-26-16/h4-7,10-11,18H,2-3,8-9H2,1H3,(H3,21,22,23,24)/t18-/m0/s1. The molecule has 3 N–H and O–H groups in total. The number of nitrogens with two attached hydrogens (primary N) is 1. The van der Waals surface area contributed by atoms with Crippen LogP contribution in [0.3, 0.4) is 0 Å². The number of nitrogens with zero attached hydrogens (tertiary/aromatic N) is 3. The molecule has 138 valence electrons. The molecule has 0 radical (unpaired) electrons. The van der Waals surface area contributed by atoms with Crippen LogP contribution >= 0.6 is 0 Å². The zero-order valence-electron chi connectivity index (χ0n) is 15.1. The van der Waals surface area contributed by atoms with Gasteiger partial charge in [0.2, 0.25) is 5.95 Å². The lowest BCUT2D eigenvalue weighted by molar-refractivity contribution is 0.297. The molecule has 2 aliphatic heterocycles. The lowest BCUT2D eigenvalue weighted by Crippen LogP contribution is -2.31. The first kappa shape index (κ1) is 16.0. The number of hydrogen-bond acceptors (Lipinski definition) is 6. The summed E-state index contributed by atoms with van der Waals surface area (Å²) in [5, 5.41) is 3.07. The summed E-state index contributed by atoms with van der Waals surface area (Å²) in [5.41, 5.74) is 10.1. The minimum Gasteiger partial charge on any atom is -0.489 e. The molecule has 5 rings (SSSR count). The number of aryl methyl sites for hydroxylation is 1. The predicted molar refractivity (Wildman–Crippen MR) is 105 cm³/mol. The predicted octanol–water partition coefficient (Wildman–Crippen LogP) is 3.05. The molecule has 27 heavy (non-hydrogen) atoms. The van der Waals surface area contributed by atoms with Crippen LogP contribution in [-0.2, 0) is 6.42 Å². The van der Waals surface area contributed by atoms with E-state index >= 15 is 0 Å². The Kier molecular flexibility index (Phi) is 3.67. The summed E-state index contributed by atoms with van der Waals surface area (Å²) in [6.07, 6.45) is 1.59. The molecule has 3 heterocycles. The van der Waals surface area contributed by atoms with Crippen LogP contribution in [0.5, 0.6) is 11.5 Å². The van der Waals surface area contributed by atoms with E-state index in [4.69, 9.17) is 20.2 Å². The van der Waals surface area contributed by atoms with Gasteiger partial charge in [-0.1, -0.05) is 31.2 Å². The van der Waals surface area contributed by atoms with Gasteiger partial charge in [-0.15, -0.1) is 0 Å². The zero-order chi connectivity index (χ0) is 18.4. The van der Waals surface area contributed by atoms with Gasteiger partial charge in [0, 0.05) is 18.6 Å². The van der Waals surface area contributed by atoms with Crippen molar-refractivity contribution in [3.05, 3.63) is 47.5 Å². The molecule has 0 bridgehead atoms. The SMILES string of the molecule is CCc1ccc([C@H]2N=C(N)Nc3nc4cc5c(cc4n32)OCCCO5)cc1. The van der Waals surface area contributed by atoms with Crippen LogP contribution in [0, 0.1) is 0 Å². The second kappa shape index (κ2) is 6.19. The summed E-state index contributed by atoms with van der Waals surface area (Å²) >= 11 is 0. The Hall–Kier alpha value is -3.22. The smallest absolute Gasteiger partial charge is 0.212 e. The number of hydrogen-bond donors (Lipinski definition) is 2. The number of fused-ring (bicyclic) bond motifs is 4. The van der Waals surface area contributed by atoms with Crippen molar-refractivity contribution in [3.8, 4) is 11.5 Å². The average molecular weight is 363 g/mol. The maximum atomic E-state index is 6.03. The largest absolute Gasteiger partial charge is 0.489 e. The molecular formula is C20H21N5O2. The van der Waals surface area contributed by atoms with Gasteiger partial charge in [-0.3, -0.25) is 9.88 Å². The lowest BCUT2D eigenvalue weighted by atomic mass is 10.1. The average Bonchev–Trinajstić information content (AvgIpc) is 2.87. The van der Waals surface area contributed by atoms with Crippen LogP contribution in [0.15, 0.2) is 41.4 Å². The first-order valence-corrected chi connectivity index (χ1v) is 9.23. The molecule has 0 fully saturated rings. The van der Waals surface area contributed by atoms with E-state index in [2.05, 4.69) is 46.1 Å². The lowest BCUT2D eigenvalue weighted by Gasteiger charge is -2.24. The Morgan fingerprint density at radius 2 is 1.89 bits per heavy atom. The molecular weight excluding hydrogens is 342 g/mol. The highest BCUT2D eigenvalue weighted by molar-refractivity contribution is 5.95. The minimum atomic E-state index is -0.276. The summed E-state index contributed by atoms with van der Waals surface area (Å²) in [6, 6.07) is 12.4. The number of ether oxygens (including phenoxy) is 2. The summed E-state index contributed by atoms with van der Waals surface area (Å²) < 4.78 is 13.7. The number of aliphatic imine (C=N–C) groups is 1. The first-order valence-electron chi connectivity index (χ1n) is 9.23. The molecule has 2 aliphatic rings. The van der Waals surface area contributed by atoms with E-state index < -0.39 is 0 Å². The second-order valence-electron chi connectivity index (χ2n) is 6.75. The first-order chi connectivity index (χ1) is 13.2. The highest BCUT2D eigenvalue weighted by Crippen LogP contribution is 2.38. The molecule has 0 saturated carbocycles. The van der Waals surface area contributed by atoms with E-state index in [0.29, 0.717) is 25.1 Å². The van der Waals surface area contributed by atoms with E-state index in [0.717, 1.165) is 40.9 Å². The molecule has 0 aliphatic carbocycles. The van der Waals surface area contributed by atoms with Gasteiger partial charge in [0.25, 0.3) is 0 Å². The monoisotopic (exact) mass is 363 g/mol. The zero-order valence-corrected chi connectivity index (χ0v) is 15.1. The van der Waals surface area contributed by atoms with Crippen molar-refractivity contribution < 1.29 is 9.47 Å². The molecule has 7 nitrogen and oxygen atoms in total. The number of guanidine groups is 1. The van der Waals surface area contributed by atoms with Crippen molar-refractivity contribution >= 4 is 22.9 Å². The Morgan fingerprint density at radius 3 is 2.63 bits per heavy atom. The Bertz CT molecular complexity index is 1040. The van der Waals surface area contributed by atoms with Gasteiger partial charge in [-0.25, -0.2) is 9.98 Å². The van der Waals surface area contributed by atoms with Gasteiger partial charge in [0.1, 0.15) is 0 Å². The quantitative estimate of drug-likeness (QED) is 0.731. The normalized spacial score (nSPS) is 18.4. The van der Waals surface area contributed by atoms with Crippen molar-refractivity contribution in [2.75, 3.05) is 18.5 Å². The third-order valence-electron chi connectivity index (χ3n) is 4.99. The van der Waals surface area contributed by atoms with Gasteiger partial charge in [-0.2, -0.15) is 0 Å².